The van der Waals surface area contributed by atoms with Gasteiger partial charge >= 0.3 is 0 Å². The van der Waals surface area contributed by atoms with E-state index in [9.17, 15) is 4.79 Å². The summed E-state index contributed by atoms with van der Waals surface area (Å²) in [6, 6.07) is 18.3. The van der Waals surface area contributed by atoms with Gasteiger partial charge in [0.25, 0.3) is 0 Å². The van der Waals surface area contributed by atoms with E-state index >= 15 is 0 Å². The highest BCUT2D eigenvalue weighted by molar-refractivity contribution is 5.96. The summed E-state index contributed by atoms with van der Waals surface area (Å²) in [7, 11) is 0. The molecule has 0 aliphatic rings. The van der Waals surface area contributed by atoms with E-state index in [0.717, 1.165) is 18.4 Å². The predicted octanol–water partition coefficient (Wildman–Crippen LogP) is 5.15. The van der Waals surface area contributed by atoms with Crippen molar-refractivity contribution in [3.8, 4) is 0 Å². The Hall–Kier alpha value is -1.89. The Bertz CT molecular complexity index is 540. The number of Topliss-reactive ketones (excluding diaryl/α,β-unsaturated/α-hetero) is 1. The van der Waals surface area contributed by atoms with Crippen molar-refractivity contribution in [1.82, 2.24) is 0 Å². The molecule has 2 rings (SSSR count). The van der Waals surface area contributed by atoms with E-state index in [0.29, 0.717) is 12.3 Å². The topological polar surface area (TPSA) is 17.1 Å². The summed E-state index contributed by atoms with van der Waals surface area (Å²) in [5, 5.41) is 0. The molecule has 0 aromatic heterocycles. The first kappa shape index (κ1) is 14.5. The van der Waals surface area contributed by atoms with Crippen LogP contribution in [-0.4, -0.2) is 5.78 Å². The third kappa shape index (κ3) is 3.80. The SMILES string of the molecule is CCC[C@H](CC(=O)c1ccc(C)cc1)c1ccccc1. The lowest BCUT2D eigenvalue weighted by molar-refractivity contribution is 0.0972. The van der Waals surface area contributed by atoms with Crippen molar-refractivity contribution in [2.75, 3.05) is 0 Å². The lowest BCUT2D eigenvalue weighted by Crippen LogP contribution is -2.07. The molecule has 1 atom stereocenters. The minimum atomic E-state index is 0.243. The van der Waals surface area contributed by atoms with Gasteiger partial charge in [-0.15, -0.1) is 0 Å². The normalized spacial score (nSPS) is 12.1. The third-order valence-electron chi connectivity index (χ3n) is 3.71. The summed E-state index contributed by atoms with van der Waals surface area (Å²) in [6.07, 6.45) is 2.75. The van der Waals surface area contributed by atoms with Crippen LogP contribution in [0.1, 0.15) is 53.6 Å². The predicted molar refractivity (Wildman–Crippen MR) is 84.2 cm³/mol. The molecule has 1 nitrogen and oxygen atoms in total. The van der Waals surface area contributed by atoms with Gasteiger partial charge in [-0.25, -0.2) is 0 Å². The molecule has 2 aromatic carbocycles. The van der Waals surface area contributed by atoms with Crippen LogP contribution in [0.15, 0.2) is 54.6 Å². The maximum absolute atomic E-state index is 12.4. The molecule has 0 aliphatic heterocycles. The van der Waals surface area contributed by atoms with Crippen molar-refractivity contribution < 1.29 is 4.79 Å². The minimum Gasteiger partial charge on any atom is -0.294 e. The summed E-state index contributed by atoms with van der Waals surface area (Å²) in [6.45, 7) is 4.21. The number of carbonyl (C=O) groups is 1. The fourth-order valence-electron chi connectivity index (χ4n) is 2.54. The number of rotatable bonds is 6. The molecule has 0 unspecified atom stereocenters. The fraction of sp³-hybridized carbons (Fsp3) is 0.316. The molecular formula is C19H22O. The van der Waals surface area contributed by atoms with Crippen molar-refractivity contribution in [1.29, 1.82) is 0 Å². The van der Waals surface area contributed by atoms with Gasteiger partial charge in [-0.1, -0.05) is 73.5 Å². The maximum atomic E-state index is 12.4. The average Bonchev–Trinajstić information content (AvgIpc) is 2.48. The van der Waals surface area contributed by atoms with Crippen LogP contribution >= 0.6 is 0 Å². The average molecular weight is 266 g/mol. The van der Waals surface area contributed by atoms with E-state index in [1.807, 2.05) is 49.4 Å². The Morgan fingerprint density at radius 3 is 2.25 bits per heavy atom. The van der Waals surface area contributed by atoms with Crippen LogP contribution in [0.3, 0.4) is 0 Å². The van der Waals surface area contributed by atoms with Crippen LogP contribution in [0.25, 0.3) is 0 Å². The van der Waals surface area contributed by atoms with Gasteiger partial charge in [0.1, 0.15) is 0 Å². The van der Waals surface area contributed by atoms with Crippen LogP contribution in [0.5, 0.6) is 0 Å². The second-order valence-electron chi connectivity index (χ2n) is 5.39. The Kier molecular flexibility index (Phi) is 5.11. The Morgan fingerprint density at radius 1 is 1.00 bits per heavy atom. The van der Waals surface area contributed by atoms with Crippen LogP contribution in [0.4, 0.5) is 0 Å². The van der Waals surface area contributed by atoms with Crippen molar-refractivity contribution in [3.05, 3.63) is 71.3 Å². The van der Waals surface area contributed by atoms with E-state index in [2.05, 4.69) is 19.1 Å². The van der Waals surface area contributed by atoms with Crippen molar-refractivity contribution in [2.24, 2.45) is 0 Å². The Labute approximate surface area is 121 Å². The first-order valence-electron chi connectivity index (χ1n) is 7.35. The van der Waals surface area contributed by atoms with Gasteiger partial charge in [-0.3, -0.25) is 4.79 Å². The number of hydrogen-bond donors (Lipinski definition) is 0. The lowest BCUT2D eigenvalue weighted by Gasteiger charge is -2.16. The van der Waals surface area contributed by atoms with E-state index in [1.54, 1.807) is 0 Å². The van der Waals surface area contributed by atoms with Crippen LogP contribution in [0.2, 0.25) is 0 Å². The number of aryl methyl sites for hydroxylation is 1. The zero-order valence-corrected chi connectivity index (χ0v) is 12.3. The monoisotopic (exact) mass is 266 g/mol. The number of hydrogen-bond acceptors (Lipinski definition) is 1. The van der Waals surface area contributed by atoms with Crippen LogP contribution in [0, 0.1) is 6.92 Å². The lowest BCUT2D eigenvalue weighted by atomic mass is 9.88. The Morgan fingerprint density at radius 2 is 1.65 bits per heavy atom. The van der Waals surface area contributed by atoms with Gasteiger partial charge < -0.3 is 0 Å². The molecule has 104 valence electrons. The summed E-state index contributed by atoms with van der Waals surface area (Å²) in [5.74, 6) is 0.572. The quantitative estimate of drug-likeness (QED) is 0.661. The first-order valence-corrected chi connectivity index (χ1v) is 7.35. The summed E-state index contributed by atoms with van der Waals surface area (Å²) >= 11 is 0. The maximum Gasteiger partial charge on any atom is 0.163 e. The van der Waals surface area contributed by atoms with Gasteiger partial charge in [0.05, 0.1) is 0 Å². The minimum absolute atomic E-state index is 0.243. The highest BCUT2D eigenvalue weighted by Gasteiger charge is 2.16. The third-order valence-corrected chi connectivity index (χ3v) is 3.71. The summed E-state index contributed by atoms with van der Waals surface area (Å²) in [4.78, 5) is 12.4. The van der Waals surface area contributed by atoms with Crippen molar-refractivity contribution in [3.63, 3.8) is 0 Å². The number of benzene rings is 2. The molecule has 2 aromatic rings. The largest absolute Gasteiger partial charge is 0.294 e. The molecular weight excluding hydrogens is 244 g/mol. The molecule has 0 spiro atoms. The molecule has 0 heterocycles. The summed E-state index contributed by atoms with van der Waals surface area (Å²) < 4.78 is 0. The molecule has 20 heavy (non-hydrogen) atoms. The highest BCUT2D eigenvalue weighted by atomic mass is 16.1. The second-order valence-corrected chi connectivity index (χ2v) is 5.39. The number of ketones is 1. The van der Waals surface area contributed by atoms with E-state index in [4.69, 9.17) is 0 Å². The number of carbonyl (C=O) groups excluding carboxylic acids is 1. The molecule has 0 saturated heterocycles. The molecule has 1 heteroatoms. The molecule has 0 bridgehead atoms. The van der Waals surface area contributed by atoms with Crippen LogP contribution in [-0.2, 0) is 0 Å². The van der Waals surface area contributed by atoms with Gasteiger partial charge in [0, 0.05) is 12.0 Å². The highest BCUT2D eigenvalue weighted by Crippen LogP contribution is 2.26. The molecule has 0 fully saturated rings. The van der Waals surface area contributed by atoms with Gasteiger partial charge in [-0.2, -0.15) is 0 Å². The Balaban J connectivity index is 2.12. The molecule has 0 N–H and O–H groups in total. The molecule has 0 aliphatic carbocycles. The second kappa shape index (κ2) is 7.04. The van der Waals surface area contributed by atoms with Crippen molar-refractivity contribution >= 4 is 5.78 Å². The van der Waals surface area contributed by atoms with Crippen LogP contribution < -0.4 is 0 Å². The summed E-state index contributed by atoms with van der Waals surface area (Å²) in [5.41, 5.74) is 3.29. The first-order chi connectivity index (χ1) is 9.70. The standard InChI is InChI=1S/C19H22O/c1-3-7-18(16-8-5-4-6-9-16)14-19(20)17-12-10-15(2)11-13-17/h4-6,8-13,18H,3,7,14H2,1-2H3/t18-/m1/s1. The van der Waals surface area contributed by atoms with E-state index < -0.39 is 0 Å². The smallest absolute Gasteiger partial charge is 0.163 e. The van der Waals surface area contributed by atoms with Gasteiger partial charge in [-0.05, 0) is 24.8 Å². The van der Waals surface area contributed by atoms with E-state index in [1.165, 1.54) is 11.1 Å². The molecule has 0 amide bonds. The zero-order valence-electron chi connectivity index (χ0n) is 12.3. The van der Waals surface area contributed by atoms with E-state index in [-0.39, 0.29) is 5.78 Å². The fourth-order valence-corrected chi connectivity index (χ4v) is 2.54. The zero-order chi connectivity index (χ0) is 14.4. The molecule has 0 radical (unpaired) electrons. The van der Waals surface area contributed by atoms with Crippen molar-refractivity contribution in [2.45, 2.75) is 39.0 Å². The van der Waals surface area contributed by atoms with Gasteiger partial charge in [0.2, 0.25) is 0 Å². The molecule has 0 saturated carbocycles. The van der Waals surface area contributed by atoms with Gasteiger partial charge in [0.15, 0.2) is 5.78 Å².